The van der Waals surface area contributed by atoms with Crippen LogP contribution in [0, 0.1) is 0 Å². The van der Waals surface area contributed by atoms with Gasteiger partial charge in [0.15, 0.2) is 22.5 Å². The van der Waals surface area contributed by atoms with Crippen molar-refractivity contribution in [3.05, 3.63) is 35.7 Å². The molecule has 0 aliphatic carbocycles. The van der Waals surface area contributed by atoms with Gasteiger partial charge < -0.3 is 9.47 Å². The van der Waals surface area contributed by atoms with Gasteiger partial charge in [-0.25, -0.2) is 18.4 Å². The van der Waals surface area contributed by atoms with Gasteiger partial charge in [-0.15, -0.1) is 0 Å². The third kappa shape index (κ3) is 2.86. The lowest BCUT2D eigenvalue weighted by molar-refractivity contribution is 0.171. The standard InChI is InChI=1S/C12H10ClN3O4S/c13-11-12(15-4-3-14-11)16-21(17,18)8-1-2-9-10(7-8)20-6-5-19-9/h1-4,7H,5-6H2,(H,15,16). The Morgan fingerprint density at radius 1 is 1.10 bits per heavy atom. The van der Waals surface area contributed by atoms with Crippen molar-refractivity contribution >= 4 is 27.4 Å². The Morgan fingerprint density at radius 3 is 2.57 bits per heavy atom. The second kappa shape index (κ2) is 5.38. The molecule has 1 aromatic carbocycles. The van der Waals surface area contributed by atoms with Crippen LogP contribution in [0.3, 0.4) is 0 Å². The highest BCUT2D eigenvalue weighted by Crippen LogP contribution is 2.32. The molecule has 1 N–H and O–H groups in total. The normalized spacial score (nSPS) is 13.8. The van der Waals surface area contributed by atoms with Crippen molar-refractivity contribution in [2.75, 3.05) is 17.9 Å². The fourth-order valence-corrected chi connectivity index (χ4v) is 3.01. The van der Waals surface area contributed by atoms with Crippen LogP contribution in [-0.2, 0) is 10.0 Å². The molecule has 0 amide bonds. The van der Waals surface area contributed by atoms with Crippen molar-refractivity contribution in [2.45, 2.75) is 4.90 Å². The summed E-state index contributed by atoms with van der Waals surface area (Å²) in [5.74, 6) is 0.862. The molecule has 0 saturated heterocycles. The van der Waals surface area contributed by atoms with Crippen LogP contribution in [0.5, 0.6) is 11.5 Å². The van der Waals surface area contributed by atoms with Crippen molar-refractivity contribution in [1.29, 1.82) is 0 Å². The summed E-state index contributed by atoms with van der Waals surface area (Å²) in [7, 11) is -3.84. The molecule has 2 heterocycles. The van der Waals surface area contributed by atoms with E-state index in [4.69, 9.17) is 21.1 Å². The molecule has 0 atom stereocenters. The molecule has 1 aromatic heterocycles. The van der Waals surface area contributed by atoms with E-state index in [2.05, 4.69) is 14.7 Å². The third-order valence-electron chi connectivity index (χ3n) is 2.71. The molecule has 0 fully saturated rings. The topological polar surface area (TPSA) is 90.4 Å². The Bertz CT molecular complexity index is 782. The van der Waals surface area contributed by atoms with Crippen molar-refractivity contribution in [1.82, 2.24) is 9.97 Å². The summed E-state index contributed by atoms with van der Waals surface area (Å²) in [6, 6.07) is 4.35. The van der Waals surface area contributed by atoms with Crippen LogP contribution in [0.2, 0.25) is 5.15 Å². The number of hydrogen-bond donors (Lipinski definition) is 1. The Labute approximate surface area is 125 Å². The molecule has 0 saturated carbocycles. The lowest BCUT2D eigenvalue weighted by Crippen LogP contribution is -2.18. The van der Waals surface area contributed by atoms with Gasteiger partial charge in [-0.3, -0.25) is 4.72 Å². The Morgan fingerprint density at radius 2 is 1.81 bits per heavy atom. The van der Waals surface area contributed by atoms with Crippen molar-refractivity contribution in [2.24, 2.45) is 0 Å². The molecule has 0 unspecified atom stereocenters. The van der Waals surface area contributed by atoms with E-state index in [0.717, 1.165) is 0 Å². The van der Waals surface area contributed by atoms with Gasteiger partial charge in [0.25, 0.3) is 10.0 Å². The zero-order valence-corrected chi connectivity index (χ0v) is 12.2. The van der Waals surface area contributed by atoms with Gasteiger partial charge in [-0.2, -0.15) is 0 Å². The summed E-state index contributed by atoms with van der Waals surface area (Å²) in [5, 5.41) is -0.0291. The molecule has 0 bridgehead atoms. The fourth-order valence-electron chi connectivity index (χ4n) is 1.77. The molecule has 7 nitrogen and oxygen atoms in total. The average Bonchev–Trinajstić information content (AvgIpc) is 2.49. The van der Waals surface area contributed by atoms with E-state index in [1.807, 2.05) is 0 Å². The van der Waals surface area contributed by atoms with Crippen molar-refractivity contribution in [3.8, 4) is 11.5 Å². The number of anilines is 1. The van der Waals surface area contributed by atoms with E-state index in [0.29, 0.717) is 24.7 Å². The summed E-state index contributed by atoms with van der Waals surface area (Å²) in [4.78, 5) is 7.62. The predicted octanol–water partition coefficient (Wildman–Crippen LogP) is 1.70. The minimum absolute atomic E-state index is 0.0217. The maximum absolute atomic E-state index is 12.3. The van der Waals surface area contributed by atoms with Crippen LogP contribution in [0.15, 0.2) is 35.5 Å². The first kappa shape index (κ1) is 13.9. The Kier molecular flexibility index (Phi) is 3.56. The molecular weight excluding hydrogens is 318 g/mol. The molecule has 21 heavy (non-hydrogen) atoms. The Balaban J connectivity index is 1.93. The molecule has 0 radical (unpaired) electrons. The van der Waals surface area contributed by atoms with E-state index < -0.39 is 10.0 Å². The van der Waals surface area contributed by atoms with Gasteiger partial charge in [0.1, 0.15) is 13.2 Å². The zero-order valence-electron chi connectivity index (χ0n) is 10.6. The number of benzene rings is 1. The van der Waals surface area contributed by atoms with Gasteiger partial charge in [0.05, 0.1) is 4.90 Å². The first-order valence-electron chi connectivity index (χ1n) is 5.95. The lowest BCUT2D eigenvalue weighted by Gasteiger charge is -2.19. The molecule has 110 valence electrons. The van der Waals surface area contributed by atoms with E-state index in [1.54, 1.807) is 6.07 Å². The van der Waals surface area contributed by atoms with Gasteiger partial charge >= 0.3 is 0 Å². The number of nitrogens with zero attached hydrogens (tertiary/aromatic N) is 2. The lowest BCUT2D eigenvalue weighted by atomic mass is 10.3. The number of fused-ring (bicyclic) bond motifs is 1. The summed E-state index contributed by atoms with van der Waals surface area (Å²) in [6.45, 7) is 0.812. The van der Waals surface area contributed by atoms with Gasteiger partial charge in [-0.05, 0) is 12.1 Å². The number of rotatable bonds is 3. The number of aromatic nitrogens is 2. The maximum Gasteiger partial charge on any atom is 0.263 e. The molecule has 1 aliphatic rings. The summed E-state index contributed by atoms with van der Waals surface area (Å²) >= 11 is 5.79. The first-order chi connectivity index (χ1) is 10.1. The minimum atomic E-state index is -3.84. The van der Waals surface area contributed by atoms with E-state index in [9.17, 15) is 8.42 Å². The summed E-state index contributed by atoms with van der Waals surface area (Å²) in [5.41, 5.74) is 0. The molecule has 9 heteroatoms. The van der Waals surface area contributed by atoms with Crippen LogP contribution >= 0.6 is 11.6 Å². The van der Waals surface area contributed by atoms with Gasteiger partial charge in [-0.1, -0.05) is 11.6 Å². The molecule has 1 aliphatic heterocycles. The summed E-state index contributed by atoms with van der Waals surface area (Å²) in [6.07, 6.45) is 2.71. The van der Waals surface area contributed by atoms with Crippen LogP contribution in [-0.4, -0.2) is 31.6 Å². The second-order valence-corrected chi connectivity index (χ2v) is 6.15. The highest BCUT2D eigenvalue weighted by Gasteiger charge is 2.20. The largest absolute Gasteiger partial charge is 0.486 e. The van der Waals surface area contributed by atoms with Crippen LogP contribution in [0.1, 0.15) is 0 Å². The van der Waals surface area contributed by atoms with E-state index in [-0.39, 0.29) is 15.9 Å². The Hall–Kier alpha value is -2.06. The maximum atomic E-state index is 12.3. The average molecular weight is 328 g/mol. The van der Waals surface area contributed by atoms with Crippen LogP contribution in [0.25, 0.3) is 0 Å². The minimum Gasteiger partial charge on any atom is -0.486 e. The molecule has 2 aromatic rings. The number of halogens is 1. The molecular formula is C12H10ClN3O4S. The quantitative estimate of drug-likeness (QED) is 0.922. The first-order valence-corrected chi connectivity index (χ1v) is 7.81. The third-order valence-corrected chi connectivity index (χ3v) is 4.32. The highest BCUT2D eigenvalue weighted by atomic mass is 35.5. The zero-order chi connectivity index (χ0) is 14.9. The number of nitrogens with one attached hydrogen (secondary N) is 1. The fraction of sp³-hybridized carbons (Fsp3) is 0.167. The van der Waals surface area contributed by atoms with Crippen molar-refractivity contribution in [3.63, 3.8) is 0 Å². The predicted molar refractivity (Wildman–Crippen MR) is 75.3 cm³/mol. The number of sulfonamides is 1. The van der Waals surface area contributed by atoms with E-state index >= 15 is 0 Å². The SMILES string of the molecule is O=S(=O)(Nc1nccnc1Cl)c1ccc2c(c1)OCCO2. The van der Waals surface area contributed by atoms with Gasteiger partial charge in [0, 0.05) is 18.5 Å². The smallest absolute Gasteiger partial charge is 0.263 e. The number of ether oxygens (including phenoxy) is 2. The molecule has 0 spiro atoms. The van der Waals surface area contributed by atoms with Gasteiger partial charge in [0.2, 0.25) is 0 Å². The van der Waals surface area contributed by atoms with Crippen LogP contribution in [0.4, 0.5) is 5.82 Å². The van der Waals surface area contributed by atoms with Crippen molar-refractivity contribution < 1.29 is 17.9 Å². The van der Waals surface area contributed by atoms with Crippen LogP contribution < -0.4 is 14.2 Å². The highest BCUT2D eigenvalue weighted by molar-refractivity contribution is 7.92. The summed E-state index contributed by atoms with van der Waals surface area (Å²) < 4.78 is 37.6. The second-order valence-electron chi connectivity index (χ2n) is 4.11. The van der Waals surface area contributed by atoms with E-state index in [1.165, 1.54) is 24.5 Å². The monoisotopic (exact) mass is 327 g/mol. The number of hydrogen-bond acceptors (Lipinski definition) is 6. The molecule has 3 rings (SSSR count).